The van der Waals surface area contributed by atoms with Gasteiger partial charge in [-0.15, -0.1) is 0 Å². The zero-order valence-electron chi connectivity index (χ0n) is 8.80. The molecule has 0 saturated heterocycles. The predicted octanol–water partition coefficient (Wildman–Crippen LogP) is 2.42. The molecule has 0 bridgehead atoms. The Morgan fingerprint density at radius 2 is 2.00 bits per heavy atom. The minimum atomic E-state index is -0.907. The molecule has 2 aromatic rings. The molecule has 0 spiro atoms. The van der Waals surface area contributed by atoms with Crippen molar-refractivity contribution in [1.29, 1.82) is 0 Å². The van der Waals surface area contributed by atoms with E-state index in [2.05, 4.69) is 9.97 Å². The molecule has 0 aliphatic carbocycles. The fourth-order valence-corrected chi connectivity index (χ4v) is 1.64. The molecule has 0 amide bonds. The van der Waals surface area contributed by atoms with Gasteiger partial charge in [-0.3, -0.25) is 4.79 Å². The molecule has 1 aromatic carbocycles. The smallest absolute Gasteiger partial charge is 0.307 e. The number of carboxylic acid groups (broad SMARTS) is 1. The number of halogens is 1. The van der Waals surface area contributed by atoms with Crippen LogP contribution < -0.4 is 0 Å². The maximum atomic E-state index is 10.7. The number of aromatic nitrogens is 2. The standard InChI is InChI=1S/C12H9ClN2O2/c13-10-3-1-8(2-4-10)12-9(5-11(16)17)6-14-7-15-12/h1-4,6-7H,5H2,(H,16,17). The molecule has 0 saturated carbocycles. The minimum Gasteiger partial charge on any atom is -0.481 e. The number of aliphatic carboxylic acids is 1. The van der Waals surface area contributed by atoms with Crippen LogP contribution in [0.5, 0.6) is 0 Å². The van der Waals surface area contributed by atoms with Gasteiger partial charge in [-0.2, -0.15) is 0 Å². The normalized spacial score (nSPS) is 10.2. The van der Waals surface area contributed by atoms with E-state index in [0.717, 1.165) is 5.56 Å². The summed E-state index contributed by atoms with van der Waals surface area (Å²) in [5, 5.41) is 9.43. The van der Waals surface area contributed by atoms with E-state index in [9.17, 15) is 4.79 Å². The lowest BCUT2D eigenvalue weighted by molar-refractivity contribution is -0.136. The average molecular weight is 249 g/mol. The molecular formula is C12H9ClN2O2. The molecule has 17 heavy (non-hydrogen) atoms. The minimum absolute atomic E-state index is 0.0984. The second-order valence-corrected chi connectivity index (χ2v) is 3.91. The second-order valence-electron chi connectivity index (χ2n) is 3.47. The summed E-state index contributed by atoms with van der Waals surface area (Å²) >= 11 is 5.80. The summed E-state index contributed by atoms with van der Waals surface area (Å²) in [4.78, 5) is 18.7. The van der Waals surface area contributed by atoms with Crippen molar-refractivity contribution < 1.29 is 9.90 Å². The van der Waals surface area contributed by atoms with Gasteiger partial charge in [-0.1, -0.05) is 23.7 Å². The first-order valence-electron chi connectivity index (χ1n) is 4.93. The van der Waals surface area contributed by atoms with E-state index in [1.54, 1.807) is 24.3 Å². The third kappa shape index (κ3) is 2.79. The van der Waals surface area contributed by atoms with Crippen molar-refractivity contribution in [2.45, 2.75) is 6.42 Å². The Balaban J connectivity index is 2.44. The van der Waals surface area contributed by atoms with Crippen LogP contribution in [0, 0.1) is 0 Å². The van der Waals surface area contributed by atoms with Crippen LogP contribution in [0.3, 0.4) is 0 Å². The van der Waals surface area contributed by atoms with E-state index in [-0.39, 0.29) is 6.42 Å². The van der Waals surface area contributed by atoms with Gasteiger partial charge in [0.05, 0.1) is 12.1 Å². The van der Waals surface area contributed by atoms with Gasteiger partial charge >= 0.3 is 5.97 Å². The lowest BCUT2D eigenvalue weighted by atomic mass is 10.1. The van der Waals surface area contributed by atoms with Gasteiger partial charge in [0, 0.05) is 22.3 Å². The van der Waals surface area contributed by atoms with Crippen LogP contribution in [0.2, 0.25) is 5.02 Å². The topological polar surface area (TPSA) is 63.1 Å². The lowest BCUT2D eigenvalue weighted by Crippen LogP contribution is -2.03. The van der Waals surface area contributed by atoms with Crippen LogP contribution in [-0.4, -0.2) is 21.0 Å². The van der Waals surface area contributed by atoms with E-state index in [1.807, 2.05) is 0 Å². The van der Waals surface area contributed by atoms with Crippen LogP contribution >= 0.6 is 11.6 Å². The van der Waals surface area contributed by atoms with Crippen molar-refractivity contribution in [3.05, 3.63) is 47.4 Å². The van der Waals surface area contributed by atoms with E-state index < -0.39 is 5.97 Å². The summed E-state index contributed by atoms with van der Waals surface area (Å²) in [6.07, 6.45) is 2.82. The Kier molecular flexibility index (Phi) is 3.35. The number of carbonyl (C=O) groups is 1. The maximum Gasteiger partial charge on any atom is 0.307 e. The van der Waals surface area contributed by atoms with Gasteiger partial charge in [0.25, 0.3) is 0 Å². The number of hydrogen-bond donors (Lipinski definition) is 1. The molecule has 86 valence electrons. The Morgan fingerprint density at radius 1 is 1.29 bits per heavy atom. The molecule has 0 aliphatic heterocycles. The molecule has 1 N–H and O–H groups in total. The molecule has 0 radical (unpaired) electrons. The molecule has 1 aromatic heterocycles. The molecular weight excluding hydrogens is 240 g/mol. The fourth-order valence-electron chi connectivity index (χ4n) is 1.52. The van der Waals surface area contributed by atoms with Crippen LogP contribution in [0.1, 0.15) is 5.56 Å². The highest BCUT2D eigenvalue weighted by atomic mass is 35.5. The monoisotopic (exact) mass is 248 g/mol. The van der Waals surface area contributed by atoms with Crippen LogP contribution in [0.25, 0.3) is 11.3 Å². The molecule has 0 atom stereocenters. The number of nitrogens with zero attached hydrogens (tertiary/aromatic N) is 2. The highest BCUT2D eigenvalue weighted by Gasteiger charge is 2.09. The number of rotatable bonds is 3. The van der Waals surface area contributed by atoms with Crippen molar-refractivity contribution >= 4 is 17.6 Å². The first kappa shape index (κ1) is 11.5. The maximum absolute atomic E-state index is 10.7. The third-order valence-corrected chi connectivity index (χ3v) is 2.50. The predicted molar refractivity (Wildman–Crippen MR) is 63.8 cm³/mol. The van der Waals surface area contributed by atoms with Gasteiger partial charge < -0.3 is 5.11 Å². The number of carboxylic acids is 1. The Hall–Kier alpha value is -1.94. The number of hydrogen-bond acceptors (Lipinski definition) is 3. The van der Waals surface area contributed by atoms with E-state index in [4.69, 9.17) is 16.7 Å². The third-order valence-electron chi connectivity index (χ3n) is 2.25. The van der Waals surface area contributed by atoms with Gasteiger partial charge in [0.15, 0.2) is 0 Å². The van der Waals surface area contributed by atoms with E-state index in [0.29, 0.717) is 16.3 Å². The van der Waals surface area contributed by atoms with Gasteiger partial charge in [-0.05, 0) is 12.1 Å². The summed E-state index contributed by atoms with van der Waals surface area (Å²) < 4.78 is 0. The largest absolute Gasteiger partial charge is 0.481 e. The van der Waals surface area contributed by atoms with Crippen molar-refractivity contribution in [2.75, 3.05) is 0 Å². The zero-order chi connectivity index (χ0) is 12.3. The zero-order valence-corrected chi connectivity index (χ0v) is 9.55. The van der Waals surface area contributed by atoms with E-state index >= 15 is 0 Å². The molecule has 4 nitrogen and oxygen atoms in total. The average Bonchev–Trinajstić information content (AvgIpc) is 2.30. The van der Waals surface area contributed by atoms with Gasteiger partial charge in [0.1, 0.15) is 6.33 Å². The first-order valence-corrected chi connectivity index (χ1v) is 5.31. The van der Waals surface area contributed by atoms with Crippen LogP contribution in [0.4, 0.5) is 0 Å². The van der Waals surface area contributed by atoms with Crippen molar-refractivity contribution in [3.8, 4) is 11.3 Å². The van der Waals surface area contributed by atoms with Crippen molar-refractivity contribution in [2.24, 2.45) is 0 Å². The lowest BCUT2D eigenvalue weighted by Gasteiger charge is -2.05. The van der Waals surface area contributed by atoms with Crippen molar-refractivity contribution in [1.82, 2.24) is 9.97 Å². The molecule has 0 unspecified atom stereocenters. The molecule has 1 heterocycles. The number of benzene rings is 1. The Bertz CT molecular complexity index is 540. The highest BCUT2D eigenvalue weighted by molar-refractivity contribution is 6.30. The molecule has 0 aliphatic rings. The summed E-state index contributed by atoms with van der Waals surface area (Å²) in [6.45, 7) is 0. The van der Waals surface area contributed by atoms with E-state index in [1.165, 1.54) is 12.5 Å². The molecule has 0 fully saturated rings. The Labute approximate surface area is 103 Å². The summed E-state index contributed by atoms with van der Waals surface area (Å²) in [6, 6.07) is 7.08. The quantitative estimate of drug-likeness (QED) is 0.906. The SMILES string of the molecule is O=C(O)Cc1cncnc1-c1ccc(Cl)cc1. The van der Waals surface area contributed by atoms with Gasteiger partial charge in [0.2, 0.25) is 0 Å². The summed E-state index contributed by atoms with van der Waals surface area (Å²) in [7, 11) is 0. The highest BCUT2D eigenvalue weighted by Crippen LogP contribution is 2.22. The van der Waals surface area contributed by atoms with Crippen LogP contribution in [-0.2, 0) is 11.2 Å². The Morgan fingerprint density at radius 3 is 2.65 bits per heavy atom. The molecule has 5 heteroatoms. The van der Waals surface area contributed by atoms with Crippen molar-refractivity contribution in [3.63, 3.8) is 0 Å². The van der Waals surface area contributed by atoms with Gasteiger partial charge in [-0.25, -0.2) is 9.97 Å². The summed E-state index contributed by atoms with van der Waals surface area (Å²) in [5.41, 5.74) is 2.04. The second kappa shape index (κ2) is 4.93. The fraction of sp³-hybridized carbons (Fsp3) is 0.0833. The first-order chi connectivity index (χ1) is 8.16. The summed E-state index contributed by atoms with van der Waals surface area (Å²) in [5.74, 6) is -0.907. The molecule has 2 rings (SSSR count). The van der Waals surface area contributed by atoms with Crippen LogP contribution in [0.15, 0.2) is 36.8 Å².